The minimum Gasteiger partial charge on any atom is -0.397 e. The Bertz CT molecular complexity index is 991. The number of carbonyl (C=O) groups is 1. The van der Waals surface area contributed by atoms with Gasteiger partial charge in [0.1, 0.15) is 5.82 Å². The van der Waals surface area contributed by atoms with Crippen molar-refractivity contribution in [2.24, 2.45) is 5.73 Å². The third-order valence-corrected chi connectivity index (χ3v) is 5.47. The summed E-state index contributed by atoms with van der Waals surface area (Å²) in [6.45, 7) is 5.11. The number of imidazole rings is 1. The summed E-state index contributed by atoms with van der Waals surface area (Å²) in [7, 11) is 0. The second kappa shape index (κ2) is 11.3. The van der Waals surface area contributed by atoms with E-state index < -0.39 is 0 Å². The number of aromatic nitrogens is 2. The van der Waals surface area contributed by atoms with Crippen molar-refractivity contribution in [2.45, 2.75) is 32.7 Å². The first-order valence-corrected chi connectivity index (χ1v) is 11.3. The highest BCUT2D eigenvalue weighted by molar-refractivity contribution is 9.10. The number of fused-ring (bicyclic) bond motifs is 1. The number of H-pyrrole nitrogens is 1. The summed E-state index contributed by atoms with van der Waals surface area (Å²) in [5.41, 5.74) is 19.0. The number of amides is 1. The number of anilines is 2. The zero-order valence-corrected chi connectivity index (χ0v) is 20.3. The van der Waals surface area contributed by atoms with Gasteiger partial charge in [-0.15, -0.1) is 0 Å². The molecule has 0 unspecified atom stereocenters. The summed E-state index contributed by atoms with van der Waals surface area (Å²) in [5.74, 6) is 1.02. The molecule has 2 aromatic carbocycles. The molecule has 162 valence electrons. The van der Waals surface area contributed by atoms with E-state index in [1.807, 2.05) is 36.1 Å². The maximum atomic E-state index is 11.6. The molecule has 9 heteroatoms. The van der Waals surface area contributed by atoms with Crippen molar-refractivity contribution in [3.63, 3.8) is 0 Å². The molecule has 1 fully saturated rings. The normalized spacial score (nSPS) is 15.2. The van der Waals surface area contributed by atoms with Gasteiger partial charge < -0.3 is 27.1 Å². The number of benzene rings is 2. The van der Waals surface area contributed by atoms with E-state index in [9.17, 15) is 4.79 Å². The van der Waals surface area contributed by atoms with E-state index in [0.717, 1.165) is 51.7 Å². The lowest BCUT2D eigenvalue weighted by molar-refractivity contribution is -0.129. The summed E-state index contributed by atoms with van der Waals surface area (Å²) in [4.78, 5) is 21.4. The third-order valence-electron chi connectivity index (χ3n) is 4.48. The molecule has 0 aliphatic carbocycles. The van der Waals surface area contributed by atoms with Crippen molar-refractivity contribution in [1.29, 1.82) is 0 Å². The minimum atomic E-state index is 0.105. The van der Waals surface area contributed by atoms with Crippen LogP contribution in [0.3, 0.4) is 0 Å². The molecule has 0 spiro atoms. The van der Waals surface area contributed by atoms with Crippen LogP contribution in [-0.4, -0.2) is 33.9 Å². The molecule has 1 atom stereocenters. The lowest BCUT2D eigenvalue weighted by Crippen LogP contribution is -2.28. The van der Waals surface area contributed by atoms with Gasteiger partial charge in [-0.05, 0) is 55.8 Å². The molecule has 0 saturated carbocycles. The Morgan fingerprint density at radius 3 is 2.40 bits per heavy atom. The molecule has 1 aliphatic rings. The maximum Gasteiger partial charge on any atom is 0.220 e. The fourth-order valence-corrected chi connectivity index (χ4v) is 3.87. The maximum absolute atomic E-state index is 11.6. The molecule has 2 heterocycles. The average molecular weight is 540 g/mol. The van der Waals surface area contributed by atoms with Crippen LogP contribution in [0, 0.1) is 0 Å². The van der Waals surface area contributed by atoms with Crippen molar-refractivity contribution >= 4 is 60.2 Å². The minimum absolute atomic E-state index is 0.105. The highest BCUT2D eigenvalue weighted by Gasteiger charge is 2.30. The van der Waals surface area contributed by atoms with Crippen LogP contribution < -0.4 is 17.2 Å². The lowest BCUT2D eigenvalue weighted by Gasteiger charge is -2.21. The van der Waals surface area contributed by atoms with Crippen molar-refractivity contribution in [3.8, 4) is 0 Å². The molecule has 30 heavy (non-hydrogen) atoms. The van der Waals surface area contributed by atoms with E-state index in [2.05, 4.69) is 41.8 Å². The number of aromatic amines is 1. The molecule has 7 N–H and O–H groups in total. The van der Waals surface area contributed by atoms with Crippen molar-refractivity contribution in [2.75, 3.05) is 24.6 Å². The summed E-state index contributed by atoms with van der Waals surface area (Å²) in [6, 6.07) is 11.5. The Kier molecular flexibility index (Phi) is 9.13. The van der Waals surface area contributed by atoms with Crippen LogP contribution >= 0.6 is 31.9 Å². The molecule has 0 radical (unpaired) electrons. The topological polar surface area (TPSA) is 127 Å². The fourth-order valence-electron chi connectivity index (χ4n) is 3.13. The van der Waals surface area contributed by atoms with Crippen molar-refractivity contribution in [1.82, 2.24) is 14.9 Å². The molecule has 1 aromatic heterocycles. The third kappa shape index (κ3) is 6.45. The monoisotopic (exact) mass is 538 g/mol. The van der Waals surface area contributed by atoms with Gasteiger partial charge in [-0.1, -0.05) is 38.8 Å². The Hall–Kier alpha value is -2.10. The molecule has 7 nitrogen and oxygen atoms in total. The molecule has 1 amide bonds. The highest BCUT2D eigenvalue weighted by atomic mass is 79.9. The van der Waals surface area contributed by atoms with E-state index in [4.69, 9.17) is 17.2 Å². The molecular formula is C21H28Br2N6O. The number of nitrogens with zero attached hydrogens (tertiary/aromatic N) is 2. The molecule has 0 bridgehead atoms. The van der Waals surface area contributed by atoms with E-state index in [-0.39, 0.29) is 11.9 Å². The van der Waals surface area contributed by atoms with Crippen LogP contribution in [0.5, 0.6) is 0 Å². The first kappa shape index (κ1) is 24.2. The number of halogens is 2. The number of nitrogen functional groups attached to an aromatic ring is 2. The Balaban J connectivity index is 0.000000224. The quantitative estimate of drug-likeness (QED) is 0.336. The Labute approximate surface area is 193 Å². The zero-order valence-electron chi connectivity index (χ0n) is 17.2. The Morgan fingerprint density at radius 2 is 1.80 bits per heavy atom. The van der Waals surface area contributed by atoms with Crippen LogP contribution in [0.15, 0.2) is 45.3 Å². The van der Waals surface area contributed by atoms with Gasteiger partial charge in [0.15, 0.2) is 0 Å². The first-order chi connectivity index (χ1) is 14.3. The van der Waals surface area contributed by atoms with Crippen LogP contribution in [0.1, 0.15) is 38.6 Å². The van der Waals surface area contributed by atoms with Gasteiger partial charge in [0.25, 0.3) is 0 Å². The predicted molar refractivity (Wildman–Crippen MR) is 131 cm³/mol. The van der Waals surface area contributed by atoms with Gasteiger partial charge in [0.05, 0.1) is 28.5 Å². The van der Waals surface area contributed by atoms with Crippen LogP contribution in [0.4, 0.5) is 11.4 Å². The van der Waals surface area contributed by atoms with Crippen molar-refractivity contribution in [3.05, 3.63) is 51.2 Å². The smallest absolute Gasteiger partial charge is 0.220 e. The van der Waals surface area contributed by atoms with Crippen LogP contribution in [-0.2, 0) is 4.79 Å². The lowest BCUT2D eigenvalue weighted by atomic mass is 10.2. The highest BCUT2D eigenvalue weighted by Crippen LogP contribution is 2.31. The summed E-state index contributed by atoms with van der Waals surface area (Å²) >= 11 is 6.71. The van der Waals surface area contributed by atoms with Gasteiger partial charge in [-0.25, -0.2) is 4.98 Å². The molecular weight excluding hydrogens is 512 g/mol. The second-order valence-electron chi connectivity index (χ2n) is 6.84. The van der Waals surface area contributed by atoms with E-state index >= 15 is 0 Å². The van der Waals surface area contributed by atoms with Gasteiger partial charge >= 0.3 is 0 Å². The predicted octanol–water partition coefficient (Wildman–Crippen LogP) is 4.59. The number of nitrogens with one attached hydrogen (secondary N) is 1. The number of hydrogen-bond acceptors (Lipinski definition) is 5. The van der Waals surface area contributed by atoms with E-state index in [1.54, 1.807) is 19.1 Å². The number of carbonyl (C=O) groups excluding carboxylic acids is 1. The largest absolute Gasteiger partial charge is 0.397 e. The average Bonchev–Trinajstić information content (AvgIpc) is 3.32. The van der Waals surface area contributed by atoms with Gasteiger partial charge in [0.2, 0.25) is 5.91 Å². The van der Waals surface area contributed by atoms with E-state index in [1.165, 1.54) is 0 Å². The number of hydrogen-bond donors (Lipinski definition) is 4. The number of nitrogens with two attached hydrogens (primary N) is 3. The fraction of sp³-hybridized carbons (Fsp3) is 0.333. The van der Waals surface area contributed by atoms with Crippen LogP contribution in [0.2, 0.25) is 0 Å². The molecule has 3 aromatic rings. The first-order valence-electron chi connectivity index (χ1n) is 9.69. The summed E-state index contributed by atoms with van der Waals surface area (Å²) in [6.07, 6.45) is 2.03. The summed E-state index contributed by atoms with van der Waals surface area (Å²) < 4.78 is 1.98. The molecule has 1 saturated heterocycles. The number of rotatable bonds is 1. The van der Waals surface area contributed by atoms with Crippen LogP contribution in [0.25, 0.3) is 11.0 Å². The SMILES string of the molecule is CC(=O)N1CCC[C@H]1c1nc2ccc(Br)cc2[nH]1.CCN.Nc1ccc(Br)cc1N. The molecule has 4 rings (SSSR count). The van der Waals surface area contributed by atoms with Gasteiger partial charge in [-0.3, -0.25) is 4.79 Å². The summed E-state index contributed by atoms with van der Waals surface area (Å²) in [5, 5.41) is 0. The second-order valence-corrected chi connectivity index (χ2v) is 8.67. The van der Waals surface area contributed by atoms with Gasteiger partial charge in [-0.2, -0.15) is 0 Å². The van der Waals surface area contributed by atoms with Crippen molar-refractivity contribution < 1.29 is 4.79 Å². The van der Waals surface area contributed by atoms with E-state index in [0.29, 0.717) is 11.4 Å². The number of likely N-dealkylation sites (tertiary alicyclic amines) is 1. The van der Waals surface area contributed by atoms with Gasteiger partial charge in [0, 0.05) is 22.4 Å². The Morgan fingerprint density at radius 1 is 1.17 bits per heavy atom. The standard InChI is InChI=1S/C13H14BrN3O.C6H7BrN2.C2H7N/c1-8(18)17-6-2-3-12(17)13-15-10-5-4-9(14)7-11(10)16-13;7-4-1-2-5(8)6(9)3-4;1-2-3/h4-5,7,12H,2-3,6H2,1H3,(H,15,16);1-3H,8-9H2;2-3H2,1H3/t12-;;/m0../s1. The zero-order chi connectivity index (χ0) is 22.3. The molecule has 1 aliphatic heterocycles.